The van der Waals surface area contributed by atoms with Crippen LogP contribution >= 0.6 is 0 Å². The highest BCUT2D eigenvalue weighted by atomic mass is 19.1. The summed E-state index contributed by atoms with van der Waals surface area (Å²) in [5, 5.41) is 2.94. The van der Waals surface area contributed by atoms with E-state index >= 15 is 0 Å². The van der Waals surface area contributed by atoms with Gasteiger partial charge in [-0.05, 0) is 36.1 Å². The Morgan fingerprint density at radius 1 is 1.12 bits per heavy atom. The molecule has 0 radical (unpaired) electrons. The molecule has 1 aliphatic heterocycles. The van der Waals surface area contributed by atoms with Crippen LogP contribution in [0.5, 0.6) is 0 Å². The zero-order chi connectivity index (χ0) is 18.4. The summed E-state index contributed by atoms with van der Waals surface area (Å²) in [5.74, 6) is -0.266. The summed E-state index contributed by atoms with van der Waals surface area (Å²) in [6.45, 7) is 1.06. The highest BCUT2D eigenvalue weighted by Gasteiger charge is 2.28. The Kier molecular flexibility index (Phi) is 6.00. The van der Waals surface area contributed by atoms with Crippen molar-refractivity contribution in [3.63, 3.8) is 0 Å². The van der Waals surface area contributed by atoms with Crippen molar-refractivity contribution in [1.82, 2.24) is 10.2 Å². The molecule has 0 saturated carbocycles. The first-order valence-electron chi connectivity index (χ1n) is 8.96. The molecule has 1 heterocycles. The minimum atomic E-state index is -0.290. The lowest BCUT2D eigenvalue weighted by Crippen LogP contribution is -2.46. The van der Waals surface area contributed by atoms with E-state index in [4.69, 9.17) is 0 Å². The van der Waals surface area contributed by atoms with Gasteiger partial charge < -0.3 is 10.2 Å². The third kappa shape index (κ3) is 4.91. The molecule has 1 N–H and O–H groups in total. The number of rotatable bonds is 7. The van der Waals surface area contributed by atoms with E-state index < -0.39 is 0 Å². The number of carbonyl (C=O) groups excluding carboxylic acids is 2. The smallest absolute Gasteiger partial charge is 0.224 e. The number of likely N-dealkylation sites (tertiary alicyclic amines) is 1. The Hall–Kier alpha value is -2.69. The fraction of sp³-hybridized carbons (Fsp3) is 0.333. The second kappa shape index (κ2) is 8.61. The summed E-state index contributed by atoms with van der Waals surface area (Å²) in [7, 11) is 0. The molecule has 1 aliphatic rings. The average molecular weight is 354 g/mol. The predicted octanol–water partition coefficient (Wildman–Crippen LogP) is 2.72. The summed E-state index contributed by atoms with van der Waals surface area (Å²) < 4.78 is 13.5. The van der Waals surface area contributed by atoms with Crippen LogP contribution in [0.4, 0.5) is 4.39 Å². The first kappa shape index (κ1) is 18.1. The highest BCUT2D eigenvalue weighted by Crippen LogP contribution is 2.17. The van der Waals surface area contributed by atoms with Crippen molar-refractivity contribution in [2.24, 2.45) is 0 Å². The number of nitrogens with one attached hydrogen (secondary N) is 1. The minimum absolute atomic E-state index is 0.0768. The van der Waals surface area contributed by atoms with Crippen LogP contribution in [0.25, 0.3) is 0 Å². The third-order valence-corrected chi connectivity index (χ3v) is 4.65. The fourth-order valence-electron chi connectivity index (χ4n) is 3.36. The van der Waals surface area contributed by atoms with Crippen LogP contribution in [-0.4, -0.2) is 35.8 Å². The number of hydrogen-bond donors (Lipinski definition) is 1. The molecule has 0 aliphatic carbocycles. The maximum atomic E-state index is 13.5. The maximum absolute atomic E-state index is 13.5. The first-order chi connectivity index (χ1) is 12.6. The van der Waals surface area contributed by atoms with Crippen molar-refractivity contribution >= 4 is 11.8 Å². The minimum Gasteiger partial charge on any atom is -0.354 e. The van der Waals surface area contributed by atoms with E-state index in [2.05, 4.69) is 5.32 Å². The van der Waals surface area contributed by atoms with E-state index in [0.717, 1.165) is 17.5 Å². The molecule has 2 aromatic carbocycles. The quantitative estimate of drug-likeness (QED) is 0.831. The first-order valence-corrected chi connectivity index (χ1v) is 8.96. The Morgan fingerprint density at radius 2 is 1.88 bits per heavy atom. The van der Waals surface area contributed by atoms with E-state index in [9.17, 15) is 14.0 Å². The van der Waals surface area contributed by atoms with Gasteiger partial charge in [0.15, 0.2) is 0 Å². The molecule has 0 aromatic heterocycles. The van der Waals surface area contributed by atoms with Crippen LogP contribution in [0.3, 0.4) is 0 Å². The second-order valence-corrected chi connectivity index (χ2v) is 6.65. The van der Waals surface area contributed by atoms with Gasteiger partial charge in [-0.1, -0.05) is 42.5 Å². The van der Waals surface area contributed by atoms with Crippen molar-refractivity contribution in [1.29, 1.82) is 0 Å². The van der Waals surface area contributed by atoms with Crippen LogP contribution in [0.15, 0.2) is 54.6 Å². The highest BCUT2D eigenvalue weighted by molar-refractivity contribution is 5.80. The Balaban J connectivity index is 1.63. The summed E-state index contributed by atoms with van der Waals surface area (Å²) in [5.41, 5.74) is 1.77. The monoisotopic (exact) mass is 354 g/mol. The van der Waals surface area contributed by atoms with Crippen molar-refractivity contribution in [3.8, 4) is 0 Å². The van der Waals surface area contributed by atoms with Crippen molar-refractivity contribution < 1.29 is 14.0 Å². The molecule has 2 aromatic rings. The molecule has 4 nitrogen and oxygen atoms in total. The van der Waals surface area contributed by atoms with Gasteiger partial charge in [0.1, 0.15) is 5.82 Å². The molecule has 1 fully saturated rings. The molecule has 5 heteroatoms. The molecule has 0 spiro atoms. The number of carbonyl (C=O) groups is 2. The Bertz CT molecular complexity index is 764. The lowest BCUT2D eigenvalue weighted by atomic mass is 10.0. The summed E-state index contributed by atoms with van der Waals surface area (Å²) in [6, 6.07) is 15.8. The van der Waals surface area contributed by atoms with Gasteiger partial charge in [-0.2, -0.15) is 0 Å². The van der Waals surface area contributed by atoms with Gasteiger partial charge in [0.05, 0.1) is 12.5 Å². The summed E-state index contributed by atoms with van der Waals surface area (Å²) in [4.78, 5) is 26.2. The second-order valence-electron chi connectivity index (χ2n) is 6.65. The molecule has 1 saturated heterocycles. The van der Waals surface area contributed by atoms with Gasteiger partial charge in [-0.15, -0.1) is 0 Å². The van der Waals surface area contributed by atoms with Gasteiger partial charge in [-0.25, -0.2) is 4.39 Å². The van der Waals surface area contributed by atoms with Gasteiger partial charge in [0.2, 0.25) is 11.8 Å². The normalized spacial score (nSPS) is 15.1. The lowest BCUT2D eigenvalue weighted by molar-refractivity contribution is -0.130. The molecule has 136 valence electrons. The van der Waals surface area contributed by atoms with E-state index in [-0.39, 0.29) is 23.7 Å². The molecule has 3 rings (SSSR count). The van der Waals surface area contributed by atoms with Crippen LogP contribution < -0.4 is 5.32 Å². The van der Waals surface area contributed by atoms with Gasteiger partial charge >= 0.3 is 0 Å². The molecule has 2 amide bonds. The zero-order valence-electron chi connectivity index (χ0n) is 14.7. The Labute approximate surface area is 153 Å². The number of amides is 2. The van der Waals surface area contributed by atoms with Crippen molar-refractivity contribution in [2.75, 3.05) is 13.1 Å². The molecule has 1 atom stereocenters. The van der Waals surface area contributed by atoms with Crippen LogP contribution in [0.1, 0.15) is 24.0 Å². The Morgan fingerprint density at radius 3 is 2.58 bits per heavy atom. The summed E-state index contributed by atoms with van der Waals surface area (Å²) >= 11 is 0. The number of nitrogens with zero attached hydrogens (tertiary/aromatic N) is 1. The zero-order valence-corrected chi connectivity index (χ0v) is 14.7. The standard InChI is InChI=1S/C21H23FN2O2/c22-18-9-4-8-17(12-18)13-19(24-11-5-10-21(24)26)15-23-20(25)14-16-6-2-1-3-7-16/h1-4,6-9,12,19H,5,10-11,13-15H2,(H,23,25)/t19-/m0/s1. The van der Waals surface area contributed by atoms with Gasteiger partial charge in [-0.3, -0.25) is 9.59 Å². The topological polar surface area (TPSA) is 49.4 Å². The summed E-state index contributed by atoms with van der Waals surface area (Å²) in [6.07, 6.45) is 2.20. The lowest BCUT2D eigenvalue weighted by Gasteiger charge is -2.28. The molecular formula is C21H23FN2O2. The van der Waals surface area contributed by atoms with Crippen molar-refractivity contribution in [2.45, 2.75) is 31.7 Å². The van der Waals surface area contributed by atoms with Crippen LogP contribution in [-0.2, 0) is 22.4 Å². The van der Waals surface area contributed by atoms with Gasteiger partial charge in [0.25, 0.3) is 0 Å². The third-order valence-electron chi connectivity index (χ3n) is 4.65. The van der Waals surface area contributed by atoms with E-state index in [1.807, 2.05) is 41.3 Å². The van der Waals surface area contributed by atoms with Crippen molar-refractivity contribution in [3.05, 3.63) is 71.5 Å². The number of hydrogen-bond acceptors (Lipinski definition) is 2. The number of halogens is 1. The van der Waals surface area contributed by atoms with E-state index in [1.165, 1.54) is 12.1 Å². The van der Waals surface area contributed by atoms with E-state index in [0.29, 0.717) is 32.4 Å². The number of benzene rings is 2. The molecule has 0 unspecified atom stereocenters. The SMILES string of the molecule is O=C(Cc1ccccc1)NC[C@H](Cc1cccc(F)c1)N1CCCC1=O. The average Bonchev–Trinajstić information content (AvgIpc) is 3.05. The molecule has 0 bridgehead atoms. The maximum Gasteiger partial charge on any atom is 0.224 e. The predicted molar refractivity (Wildman–Crippen MR) is 98.0 cm³/mol. The molecular weight excluding hydrogens is 331 g/mol. The fourth-order valence-corrected chi connectivity index (χ4v) is 3.36. The van der Waals surface area contributed by atoms with Crippen LogP contribution in [0, 0.1) is 5.82 Å². The molecule has 26 heavy (non-hydrogen) atoms. The van der Waals surface area contributed by atoms with E-state index in [1.54, 1.807) is 6.07 Å². The largest absolute Gasteiger partial charge is 0.354 e. The van der Waals surface area contributed by atoms with Gasteiger partial charge in [0, 0.05) is 19.5 Å². The van der Waals surface area contributed by atoms with Crippen LogP contribution in [0.2, 0.25) is 0 Å².